The van der Waals surface area contributed by atoms with Crippen LogP contribution in [0.1, 0.15) is 59.8 Å². The largest absolute Gasteiger partial charge is 0.461 e. The monoisotopic (exact) mass is 374 g/mol. The van der Waals surface area contributed by atoms with Gasteiger partial charge in [0, 0.05) is 24.8 Å². The minimum Gasteiger partial charge on any atom is -0.461 e. The van der Waals surface area contributed by atoms with Crippen LogP contribution in [0.15, 0.2) is 35.5 Å². The fourth-order valence-electron chi connectivity index (χ4n) is 3.74. The quantitative estimate of drug-likeness (QED) is 0.393. The molecule has 4 atom stereocenters. The maximum Gasteiger partial charge on any atom is 0.334 e. The molecule has 2 aliphatic rings. The molecule has 0 saturated carbocycles. The van der Waals surface area contributed by atoms with Crippen molar-refractivity contribution in [3.8, 4) is 0 Å². The average Bonchev–Trinajstić information content (AvgIpc) is 2.87. The second-order valence-electron chi connectivity index (χ2n) is 7.75. The van der Waals surface area contributed by atoms with Crippen molar-refractivity contribution in [1.29, 1.82) is 0 Å². The lowest BCUT2D eigenvalue weighted by Crippen LogP contribution is -2.39. The molecule has 1 aliphatic carbocycles. The Bertz CT molecular complexity index is 685. The molecule has 1 fully saturated rings. The van der Waals surface area contributed by atoms with E-state index in [0.717, 1.165) is 24.8 Å². The third kappa shape index (κ3) is 5.41. The fraction of sp³-hybridized carbons (Fsp3) is 0.591. The summed E-state index contributed by atoms with van der Waals surface area (Å²) in [6.45, 7) is 11.1. The van der Waals surface area contributed by atoms with Crippen molar-refractivity contribution < 1.29 is 23.9 Å². The molecule has 0 unspecified atom stereocenters. The lowest BCUT2D eigenvalue weighted by atomic mass is 9.82. The van der Waals surface area contributed by atoms with Crippen molar-refractivity contribution in [3.05, 3.63) is 35.5 Å². The first-order chi connectivity index (χ1) is 12.7. The summed E-state index contributed by atoms with van der Waals surface area (Å²) < 4.78 is 10.9. The molecule has 148 valence electrons. The smallest absolute Gasteiger partial charge is 0.334 e. The number of rotatable bonds is 1. The maximum absolute atomic E-state index is 13.0. The molecule has 1 saturated heterocycles. The average molecular weight is 374 g/mol. The van der Waals surface area contributed by atoms with Crippen molar-refractivity contribution in [2.75, 3.05) is 0 Å². The minimum atomic E-state index is -0.940. The van der Waals surface area contributed by atoms with Gasteiger partial charge in [0.15, 0.2) is 11.9 Å². The molecule has 0 aromatic rings. The van der Waals surface area contributed by atoms with Crippen LogP contribution >= 0.6 is 0 Å². The number of fused-ring (bicyclic) bond motifs is 1. The van der Waals surface area contributed by atoms with Gasteiger partial charge in [-0.2, -0.15) is 0 Å². The topological polar surface area (TPSA) is 69.7 Å². The summed E-state index contributed by atoms with van der Waals surface area (Å²) in [6.07, 6.45) is 6.52. The molecule has 0 aromatic carbocycles. The van der Waals surface area contributed by atoms with Crippen LogP contribution in [0.3, 0.4) is 0 Å². The lowest BCUT2D eigenvalue weighted by Gasteiger charge is -2.27. The molecule has 0 amide bonds. The molecule has 5 heteroatoms. The number of hydrogen-bond donors (Lipinski definition) is 0. The van der Waals surface area contributed by atoms with Crippen LogP contribution in [0.4, 0.5) is 0 Å². The number of esters is 2. The highest BCUT2D eigenvalue weighted by molar-refractivity contribution is 5.98. The minimum absolute atomic E-state index is 0.131. The van der Waals surface area contributed by atoms with E-state index in [1.54, 1.807) is 0 Å². The summed E-state index contributed by atoms with van der Waals surface area (Å²) in [6, 6.07) is 0. The van der Waals surface area contributed by atoms with Crippen molar-refractivity contribution in [2.45, 2.75) is 72.0 Å². The fourth-order valence-corrected chi connectivity index (χ4v) is 3.74. The summed E-state index contributed by atoms with van der Waals surface area (Å²) in [5.74, 6) is -2.05. The third-order valence-electron chi connectivity index (χ3n) is 5.36. The Balaban J connectivity index is 2.40. The molecule has 0 N–H and O–H groups in total. The highest BCUT2D eigenvalue weighted by Gasteiger charge is 2.49. The second kappa shape index (κ2) is 9.16. The van der Waals surface area contributed by atoms with Gasteiger partial charge in [0.25, 0.3) is 0 Å². The van der Waals surface area contributed by atoms with E-state index < -0.39 is 30.1 Å². The zero-order valence-corrected chi connectivity index (χ0v) is 16.7. The van der Waals surface area contributed by atoms with Gasteiger partial charge in [-0.05, 0) is 39.5 Å². The number of ketones is 1. The SMILES string of the molecule is C=C1C(=O)O[C@H]2C(=O)[C@@H](C)CC/C=C(\C)CC/C=C(\C)C[C@@H](OC(C)=O)[C@@H]12. The van der Waals surface area contributed by atoms with Crippen LogP contribution in [0, 0.1) is 11.8 Å². The van der Waals surface area contributed by atoms with Gasteiger partial charge in [-0.25, -0.2) is 4.79 Å². The highest BCUT2D eigenvalue weighted by atomic mass is 16.6. The van der Waals surface area contributed by atoms with Gasteiger partial charge in [0.05, 0.1) is 5.92 Å². The molecule has 27 heavy (non-hydrogen) atoms. The van der Waals surface area contributed by atoms with Gasteiger partial charge in [-0.1, -0.05) is 36.8 Å². The van der Waals surface area contributed by atoms with E-state index in [-0.39, 0.29) is 17.3 Å². The predicted octanol–water partition coefficient (Wildman–Crippen LogP) is 4.08. The van der Waals surface area contributed by atoms with E-state index in [4.69, 9.17) is 9.47 Å². The standard InChI is InChI=1S/C22H30O5/c1-13-8-6-10-14(2)12-18(26-17(5)23)19-16(4)22(25)27-21(19)20(24)15(3)11-7-9-13/h9-10,15,18-19,21H,4,6-8,11-12H2,1-3,5H3/b13-9+,14-10+/t15-,18+,19+,21+/m0/s1. The number of hydrogen-bond acceptors (Lipinski definition) is 5. The van der Waals surface area contributed by atoms with Gasteiger partial charge >= 0.3 is 11.9 Å². The molecule has 0 spiro atoms. The number of carbonyl (C=O) groups is 3. The van der Waals surface area contributed by atoms with Crippen LogP contribution in [-0.2, 0) is 23.9 Å². The van der Waals surface area contributed by atoms with Crippen molar-refractivity contribution >= 4 is 17.7 Å². The normalized spacial score (nSPS) is 34.4. The predicted molar refractivity (Wildman–Crippen MR) is 103 cm³/mol. The Hall–Kier alpha value is -2.17. The molecule has 0 radical (unpaired) electrons. The zero-order chi connectivity index (χ0) is 20.1. The van der Waals surface area contributed by atoms with Crippen LogP contribution in [0.25, 0.3) is 0 Å². The van der Waals surface area contributed by atoms with Crippen LogP contribution in [0.2, 0.25) is 0 Å². The van der Waals surface area contributed by atoms with E-state index in [2.05, 4.69) is 25.7 Å². The lowest BCUT2D eigenvalue weighted by molar-refractivity contribution is -0.154. The Morgan fingerprint density at radius 3 is 2.52 bits per heavy atom. The number of carbonyl (C=O) groups excluding carboxylic acids is 3. The Kier molecular flexibility index (Phi) is 7.17. The van der Waals surface area contributed by atoms with Gasteiger partial charge < -0.3 is 9.47 Å². The van der Waals surface area contributed by atoms with Crippen molar-refractivity contribution in [3.63, 3.8) is 0 Å². The van der Waals surface area contributed by atoms with E-state index in [0.29, 0.717) is 12.8 Å². The molecule has 5 nitrogen and oxygen atoms in total. The first-order valence-electron chi connectivity index (χ1n) is 9.62. The third-order valence-corrected chi connectivity index (χ3v) is 5.36. The molecular formula is C22H30O5. The first-order valence-corrected chi connectivity index (χ1v) is 9.62. The van der Waals surface area contributed by atoms with Crippen molar-refractivity contribution in [1.82, 2.24) is 0 Å². The van der Waals surface area contributed by atoms with E-state index >= 15 is 0 Å². The molecule has 2 rings (SSSR count). The van der Waals surface area contributed by atoms with Gasteiger partial charge in [-0.15, -0.1) is 0 Å². The number of ether oxygens (including phenoxy) is 2. The molecule has 1 heterocycles. The molecule has 0 bridgehead atoms. The van der Waals surface area contributed by atoms with Gasteiger partial charge in [0.1, 0.15) is 6.10 Å². The Labute approximate surface area is 161 Å². The molecular weight excluding hydrogens is 344 g/mol. The van der Waals surface area contributed by atoms with Gasteiger partial charge in [0.2, 0.25) is 0 Å². The Morgan fingerprint density at radius 1 is 1.19 bits per heavy atom. The van der Waals surface area contributed by atoms with Crippen LogP contribution < -0.4 is 0 Å². The number of allylic oxidation sites excluding steroid dienone is 3. The maximum atomic E-state index is 13.0. The number of Topliss-reactive ketones (excluding diaryl/α,β-unsaturated/α-hetero) is 1. The van der Waals surface area contributed by atoms with Crippen molar-refractivity contribution in [2.24, 2.45) is 11.8 Å². The summed E-state index contributed by atoms with van der Waals surface area (Å²) in [4.78, 5) is 36.8. The van der Waals surface area contributed by atoms with Crippen LogP contribution in [-0.4, -0.2) is 29.9 Å². The summed E-state index contributed by atoms with van der Waals surface area (Å²) in [5.41, 5.74) is 2.56. The second-order valence-corrected chi connectivity index (χ2v) is 7.75. The van der Waals surface area contributed by atoms with Gasteiger partial charge in [-0.3, -0.25) is 9.59 Å². The van der Waals surface area contributed by atoms with Crippen LogP contribution in [0.5, 0.6) is 0 Å². The summed E-state index contributed by atoms with van der Waals surface area (Å²) in [5, 5.41) is 0. The summed E-state index contributed by atoms with van der Waals surface area (Å²) in [7, 11) is 0. The molecule has 0 aromatic heterocycles. The summed E-state index contributed by atoms with van der Waals surface area (Å²) >= 11 is 0. The Morgan fingerprint density at radius 2 is 1.85 bits per heavy atom. The van der Waals surface area contributed by atoms with E-state index in [1.807, 2.05) is 13.8 Å². The molecule has 1 aliphatic heterocycles. The highest BCUT2D eigenvalue weighted by Crippen LogP contribution is 2.36. The van der Waals surface area contributed by atoms with E-state index in [1.165, 1.54) is 12.5 Å². The zero-order valence-electron chi connectivity index (χ0n) is 16.7. The first kappa shape index (κ1) is 21.1. The van der Waals surface area contributed by atoms with E-state index in [9.17, 15) is 14.4 Å².